The second-order valence-corrected chi connectivity index (χ2v) is 3.75. The van der Waals surface area contributed by atoms with E-state index in [1.54, 1.807) is 6.07 Å². The fraction of sp³-hybridized carbons (Fsp3) is 0.417. The molecule has 1 fully saturated rings. The summed E-state index contributed by atoms with van der Waals surface area (Å²) in [7, 11) is 0. The van der Waals surface area contributed by atoms with Crippen molar-refractivity contribution in [1.82, 2.24) is 5.32 Å². The number of carbonyl (C=O) groups is 1. The molecule has 1 saturated heterocycles. The Morgan fingerprint density at radius 3 is 3.00 bits per heavy atom. The van der Waals surface area contributed by atoms with Crippen LogP contribution in [-0.2, 0) is 9.53 Å². The van der Waals surface area contributed by atoms with Crippen LogP contribution in [0.3, 0.4) is 0 Å². The number of hydrogen-bond donors (Lipinski definition) is 1. The van der Waals surface area contributed by atoms with Crippen LogP contribution in [0.5, 0.6) is 5.75 Å². The Balaban J connectivity index is 0.00000144. The Bertz CT molecular complexity index is 378. The van der Waals surface area contributed by atoms with Crippen molar-refractivity contribution in [3.05, 3.63) is 29.8 Å². The maximum absolute atomic E-state index is 10.8. The summed E-state index contributed by atoms with van der Waals surface area (Å²) in [6.07, 6.45) is 0. The summed E-state index contributed by atoms with van der Waals surface area (Å²) in [5, 5.41) is 3.35. The van der Waals surface area contributed by atoms with Crippen molar-refractivity contribution in [1.29, 1.82) is 0 Å². The number of rotatable bonds is 2. The molecule has 0 amide bonds. The lowest BCUT2D eigenvalue weighted by Crippen LogP contribution is -2.34. The van der Waals surface area contributed by atoms with Gasteiger partial charge in [0.05, 0.1) is 19.3 Å². The topological polar surface area (TPSA) is 47.6 Å². The van der Waals surface area contributed by atoms with E-state index in [4.69, 9.17) is 9.47 Å². The van der Waals surface area contributed by atoms with Gasteiger partial charge in [0.2, 0.25) is 0 Å². The molecule has 1 aliphatic rings. The lowest BCUT2D eigenvalue weighted by atomic mass is 10.1. The molecule has 0 saturated carbocycles. The number of ether oxygens (including phenoxy) is 2. The van der Waals surface area contributed by atoms with Crippen LogP contribution in [0.2, 0.25) is 0 Å². The van der Waals surface area contributed by atoms with E-state index in [1.807, 2.05) is 18.2 Å². The molecule has 1 aromatic rings. The molecule has 0 unspecified atom stereocenters. The van der Waals surface area contributed by atoms with Crippen LogP contribution < -0.4 is 10.1 Å². The predicted octanol–water partition coefficient (Wildman–Crippen LogP) is 1.69. The van der Waals surface area contributed by atoms with E-state index in [9.17, 15) is 4.79 Å². The van der Waals surface area contributed by atoms with Gasteiger partial charge in [-0.3, -0.25) is 4.79 Å². The van der Waals surface area contributed by atoms with Gasteiger partial charge in [-0.2, -0.15) is 0 Å². The van der Waals surface area contributed by atoms with Crippen molar-refractivity contribution in [3.8, 4) is 5.75 Å². The smallest absolute Gasteiger partial charge is 0.308 e. The lowest BCUT2D eigenvalue weighted by molar-refractivity contribution is -0.131. The van der Waals surface area contributed by atoms with Crippen LogP contribution in [0.1, 0.15) is 18.5 Å². The molecule has 17 heavy (non-hydrogen) atoms. The van der Waals surface area contributed by atoms with Gasteiger partial charge in [0.25, 0.3) is 0 Å². The molecule has 0 radical (unpaired) electrons. The summed E-state index contributed by atoms with van der Waals surface area (Å²) in [5.74, 6) is 0.280. The molecule has 0 spiro atoms. The van der Waals surface area contributed by atoms with Gasteiger partial charge in [-0.1, -0.05) is 12.1 Å². The van der Waals surface area contributed by atoms with Crippen molar-refractivity contribution in [2.45, 2.75) is 13.0 Å². The van der Waals surface area contributed by atoms with Crippen molar-refractivity contribution < 1.29 is 14.3 Å². The van der Waals surface area contributed by atoms with E-state index >= 15 is 0 Å². The van der Waals surface area contributed by atoms with Gasteiger partial charge in [-0.15, -0.1) is 12.4 Å². The van der Waals surface area contributed by atoms with E-state index in [1.165, 1.54) is 6.92 Å². The maximum Gasteiger partial charge on any atom is 0.308 e. The number of carbonyl (C=O) groups excluding carboxylic acids is 1. The van der Waals surface area contributed by atoms with E-state index in [2.05, 4.69) is 5.32 Å². The summed E-state index contributed by atoms with van der Waals surface area (Å²) in [5.41, 5.74) is 1.08. The highest BCUT2D eigenvalue weighted by atomic mass is 35.5. The third kappa shape index (κ3) is 4.00. The minimum absolute atomic E-state index is 0. The number of benzene rings is 1. The van der Waals surface area contributed by atoms with E-state index < -0.39 is 0 Å². The standard InChI is InChI=1S/C12H15NO3.ClH/c1-9(14)16-11-4-2-3-10(7-11)12-8-15-6-5-13-12;/h2-4,7,12-13H,5-6,8H2,1H3;1H/t12-;/m1./s1. The van der Waals surface area contributed by atoms with Gasteiger partial charge in [0.1, 0.15) is 5.75 Å². The Hall–Kier alpha value is -1.10. The number of morpholine rings is 1. The normalized spacial score (nSPS) is 19.2. The van der Waals surface area contributed by atoms with Crippen molar-refractivity contribution >= 4 is 18.4 Å². The SMILES string of the molecule is CC(=O)Oc1cccc([C@H]2COCCN2)c1.Cl. The molecule has 94 valence electrons. The zero-order chi connectivity index (χ0) is 11.4. The fourth-order valence-electron chi connectivity index (χ4n) is 1.74. The van der Waals surface area contributed by atoms with Crippen molar-refractivity contribution in [2.75, 3.05) is 19.8 Å². The first-order chi connectivity index (χ1) is 7.75. The Labute approximate surface area is 107 Å². The van der Waals surface area contributed by atoms with Gasteiger partial charge in [-0.25, -0.2) is 0 Å². The van der Waals surface area contributed by atoms with Crippen molar-refractivity contribution in [2.24, 2.45) is 0 Å². The molecule has 1 N–H and O–H groups in total. The minimum atomic E-state index is -0.301. The lowest BCUT2D eigenvalue weighted by Gasteiger charge is -2.24. The molecule has 1 aromatic carbocycles. The first-order valence-electron chi connectivity index (χ1n) is 5.35. The van der Waals surface area contributed by atoms with Gasteiger partial charge in [-0.05, 0) is 17.7 Å². The van der Waals surface area contributed by atoms with E-state index in [0.29, 0.717) is 12.4 Å². The first-order valence-corrected chi connectivity index (χ1v) is 5.35. The Kier molecular flexibility index (Phi) is 5.41. The zero-order valence-corrected chi connectivity index (χ0v) is 10.5. The van der Waals surface area contributed by atoms with Crippen LogP contribution in [0.25, 0.3) is 0 Å². The molecule has 0 aliphatic carbocycles. The largest absolute Gasteiger partial charge is 0.427 e. The molecule has 5 heteroatoms. The quantitative estimate of drug-likeness (QED) is 0.647. The fourth-order valence-corrected chi connectivity index (χ4v) is 1.74. The second kappa shape index (κ2) is 6.59. The van der Waals surface area contributed by atoms with E-state index in [-0.39, 0.29) is 24.4 Å². The Morgan fingerprint density at radius 2 is 2.35 bits per heavy atom. The molecule has 1 heterocycles. The summed E-state index contributed by atoms with van der Waals surface area (Å²) < 4.78 is 10.4. The molecule has 0 bridgehead atoms. The van der Waals surface area contributed by atoms with Gasteiger partial charge < -0.3 is 14.8 Å². The van der Waals surface area contributed by atoms with E-state index in [0.717, 1.165) is 18.7 Å². The molecule has 1 aliphatic heterocycles. The molecule has 0 aromatic heterocycles. The average Bonchev–Trinajstić information content (AvgIpc) is 2.30. The monoisotopic (exact) mass is 257 g/mol. The number of nitrogens with one attached hydrogen (secondary N) is 1. The number of halogens is 1. The summed E-state index contributed by atoms with van der Waals surface area (Å²) in [4.78, 5) is 10.8. The zero-order valence-electron chi connectivity index (χ0n) is 9.64. The van der Waals surface area contributed by atoms with Crippen molar-refractivity contribution in [3.63, 3.8) is 0 Å². The predicted molar refractivity (Wildman–Crippen MR) is 66.6 cm³/mol. The van der Waals surface area contributed by atoms with Crippen LogP contribution in [0.15, 0.2) is 24.3 Å². The van der Waals surface area contributed by atoms with Crippen LogP contribution in [-0.4, -0.2) is 25.7 Å². The summed E-state index contributed by atoms with van der Waals surface area (Å²) in [6.45, 7) is 3.65. The number of esters is 1. The first kappa shape index (κ1) is 14.0. The third-order valence-corrected chi connectivity index (χ3v) is 2.44. The molecular weight excluding hydrogens is 242 g/mol. The average molecular weight is 258 g/mol. The van der Waals surface area contributed by atoms with Crippen LogP contribution >= 0.6 is 12.4 Å². The van der Waals surface area contributed by atoms with Crippen LogP contribution in [0, 0.1) is 0 Å². The highest BCUT2D eigenvalue weighted by molar-refractivity contribution is 5.85. The molecule has 1 atom stereocenters. The Morgan fingerprint density at radius 1 is 1.53 bits per heavy atom. The highest BCUT2D eigenvalue weighted by Gasteiger charge is 2.15. The molecular formula is C12H16ClNO3. The minimum Gasteiger partial charge on any atom is -0.427 e. The summed E-state index contributed by atoms with van der Waals surface area (Å²) >= 11 is 0. The van der Waals surface area contributed by atoms with Gasteiger partial charge >= 0.3 is 5.97 Å². The highest BCUT2D eigenvalue weighted by Crippen LogP contribution is 2.21. The number of hydrogen-bond acceptors (Lipinski definition) is 4. The molecule has 4 nitrogen and oxygen atoms in total. The molecule has 2 rings (SSSR count). The van der Waals surface area contributed by atoms with Crippen LogP contribution in [0.4, 0.5) is 0 Å². The maximum atomic E-state index is 10.8. The van der Waals surface area contributed by atoms with Gasteiger partial charge in [0, 0.05) is 13.5 Å². The summed E-state index contributed by atoms with van der Waals surface area (Å²) in [6, 6.07) is 7.70. The third-order valence-electron chi connectivity index (χ3n) is 2.44. The van der Waals surface area contributed by atoms with Gasteiger partial charge in [0.15, 0.2) is 0 Å². The second-order valence-electron chi connectivity index (χ2n) is 3.75.